The Hall–Kier alpha value is -1.00. The summed E-state index contributed by atoms with van der Waals surface area (Å²) in [5.41, 5.74) is -12.5. The number of rotatable bonds is 2. The highest BCUT2D eigenvalue weighted by Gasteiger charge is 2.85. The molecule has 27 heavy (non-hydrogen) atoms. The normalized spacial score (nSPS) is 25.8. The Labute approximate surface area is 141 Å². The summed E-state index contributed by atoms with van der Waals surface area (Å²) in [6.45, 7) is 0.778. The Bertz CT molecular complexity index is 482. The van der Waals surface area contributed by atoms with E-state index >= 15 is 0 Å². The molecule has 162 valence electrons. The van der Waals surface area contributed by atoms with Crippen LogP contribution in [0.5, 0.6) is 0 Å². The van der Waals surface area contributed by atoms with Gasteiger partial charge in [-0.05, 0) is 13.8 Å². The van der Waals surface area contributed by atoms with Crippen LogP contribution in [0.25, 0.3) is 0 Å². The SMILES string of the molecule is CC1(C)O[C@@H](C(O)(C(F)(F)F)C(F)(F)F)[C@H](C(O)(C(F)(F)F)C(F)(F)F)O1. The molecule has 1 rings (SSSR count). The molecule has 0 aromatic carbocycles. The topological polar surface area (TPSA) is 58.9 Å². The van der Waals surface area contributed by atoms with Gasteiger partial charge in [0.2, 0.25) is 0 Å². The lowest BCUT2D eigenvalue weighted by Crippen LogP contribution is -2.74. The molecule has 0 radical (unpaired) electrons. The third kappa shape index (κ3) is 3.55. The zero-order valence-electron chi connectivity index (χ0n) is 12.9. The highest BCUT2D eigenvalue weighted by Crippen LogP contribution is 2.56. The zero-order valence-corrected chi connectivity index (χ0v) is 12.9. The van der Waals surface area contributed by atoms with Crippen LogP contribution in [0.4, 0.5) is 52.7 Å². The lowest BCUT2D eigenvalue weighted by molar-refractivity contribution is -0.420. The van der Waals surface area contributed by atoms with Crippen molar-refractivity contribution < 1.29 is 72.4 Å². The number of hydrogen-bond acceptors (Lipinski definition) is 4. The molecule has 0 aromatic rings. The van der Waals surface area contributed by atoms with Crippen LogP contribution < -0.4 is 0 Å². The molecule has 1 fully saturated rings. The van der Waals surface area contributed by atoms with Crippen molar-refractivity contribution in [2.45, 2.75) is 67.7 Å². The maximum atomic E-state index is 12.9. The minimum absolute atomic E-state index is 0.389. The fraction of sp³-hybridized carbons (Fsp3) is 1.00. The molecule has 1 heterocycles. The molecule has 0 unspecified atom stereocenters. The van der Waals surface area contributed by atoms with Crippen LogP contribution in [-0.2, 0) is 9.47 Å². The van der Waals surface area contributed by atoms with E-state index in [4.69, 9.17) is 0 Å². The van der Waals surface area contributed by atoms with Crippen molar-refractivity contribution in [3.8, 4) is 0 Å². The molecule has 2 atom stereocenters. The second-order valence-corrected chi connectivity index (χ2v) is 6.00. The minimum Gasteiger partial charge on any atom is -0.372 e. The molecule has 0 aliphatic carbocycles. The molecule has 0 spiro atoms. The van der Waals surface area contributed by atoms with Gasteiger partial charge < -0.3 is 19.7 Å². The van der Waals surface area contributed by atoms with Crippen molar-refractivity contribution in [3.63, 3.8) is 0 Å². The first-order chi connectivity index (χ1) is 11.4. The highest BCUT2D eigenvalue weighted by atomic mass is 19.4. The first-order valence-electron chi connectivity index (χ1n) is 6.51. The number of alkyl halides is 12. The van der Waals surface area contributed by atoms with E-state index in [1.165, 1.54) is 0 Å². The van der Waals surface area contributed by atoms with Gasteiger partial charge in [0.05, 0.1) is 0 Å². The Morgan fingerprint density at radius 2 is 0.741 bits per heavy atom. The summed E-state index contributed by atoms with van der Waals surface area (Å²) >= 11 is 0. The van der Waals surface area contributed by atoms with Crippen LogP contribution in [0.3, 0.4) is 0 Å². The van der Waals surface area contributed by atoms with E-state index in [1.807, 2.05) is 0 Å². The monoisotopic (exact) mass is 434 g/mol. The summed E-state index contributed by atoms with van der Waals surface area (Å²) < 4.78 is 163. The van der Waals surface area contributed by atoms with E-state index in [2.05, 4.69) is 9.47 Å². The van der Waals surface area contributed by atoms with Crippen molar-refractivity contribution in [2.24, 2.45) is 0 Å². The van der Waals surface area contributed by atoms with Gasteiger partial charge in [0, 0.05) is 0 Å². The second kappa shape index (κ2) is 6.00. The van der Waals surface area contributed by atoms with Gasteiger partial charge in [0.25, 0.3) is 11.2 Å². The minimum atomic E-state index is -6.85. The van der Waals surface area contributed by atoms with Gasteiger partial charge in [-0.3, -0.25) is 0 Å². The van der Waals surface area contributed by atoms with Crippen LogP contribution in [0.15, 0.2) is 0 Å². The summed E-state index contributed by atoms with van der Waals surface area (Å²) in [6, 6.07) is 0. The molecule has 0 aromatic heterocycles. The third-order valence-electron chi connectivity index (χ3n) is 3.65. The molecule has 16 heteroatoms. The van der Waals surface area contributed by atoms with E-state index in [-0.39, 0.29) is 0 Å². The number of hydrogen-bond donors (Lipinski definition) is 2. The van der Waals surface area contributed by atoms with Crippen LogP contribution in [0.1, 0.15) is 13.8 Å². The molecule has 4 nitrogen and oxygen atoms in total. The van der Waals surface area contributed by atoms with Gasteiger partial charge in [-0.2, -0.15) is 52.7 Å². The van der Waals surface area contributed by atoms with Crippen molar-refractivity contribution >= 4 is 0 Å². The van der Waals surface area contributed by atoms with E-state index in [0.29, 0.717) is 13.8 Å². The molecule has 1 aliphatic rings. The van der Waals surface area contributed by atoms with Gasteiger partial charge >= 0.3 is 24.7 Å². The fourth-order valence-electron chi connectivity index (χ4n) is 2.34. The molecule has 1 aliphatic heterocycles. The lowest BCUT2D eigenvalue weighted by Gasteiger charge is -2.43. The first-order valence-corrected chi connectivity index (χ1v) is 6.51. The van der Waals surface area contributed by atoms with Crippen molar-refractivity contribution in [3.05, 3.63) is 0 Å². The van der Waals surface area contributed by atoms with Gasteiger partial charge in [-0.25, -0.2) is 0 Å². The van der Waals surface area contributed by atoms with Crippen LogP contribution in [0.2, 0.25) is 0 Å². The summed E-state index contributed by atoms with van der Waals surface area (Å²) in [4.78, 5) is 0. The van der Waals surface area contributed by atoms with Gasteiger partial charge in [0.1, 0.15) is 12.2 Å². The van der Waals surface area contributed by atoms with Crippen LogP contribution in [0, 0.1) is 0 Å². The van der Waals surface area contributed by atoms with Gasteiger partial charge in [0.15, 0.2) is 5.79 Å². The predicted octanol–water partition coefficient (Wildman–Crippen LogP) is 3.22. The lowest BCUT2D eigenvalue weighted by atomic mass is 9.82. The van der Waals surface area contributed by atoms with E-state index in [0.717, 1.165) is 0 Å². The first kappa shape index (κ1) is 24.0. The smallest absolute Gasteiger partial charge is 0.372 e. The summed E-state index contributed by atoms with van der Waals surface area (Å²) in [5.74, 6) is -2.90. The maximum absolute atomic E-state index is 12.9. The van der Waals surface area contributed by atoms with Crippen molar-refractivity contribution in [1.82, 2.24) is 0 Å². The molecule has 0 saturated carbocycles. The Morgan fingerprint density at radius 3 is 0.889 bits per heavy atom. The summed E-state index contributed by atoms with van der Waals surface area (Å²) in [5, 5.41) is 18.4. The molecule has 0 amide bonds. The number of aliphatic hydroxyl groups is 2. The van der Waals surface area contributed by atoms with E-state index in [9.17, 15) is 62.9 Å². The largest absolute Gasteiger partial charge is 0.429 e. The van der Waals surface area contributed by atoms with E-state index < -0.39 is 53.9 Å². The number of halogens is 12. The highest BCUT2D eigenvalue weighted by molar-refractivity contribution is 5.14. The number of ether oxygens (including phenoxy) is 2. The van der Waals surface area contributed by atoms with Gasteiger partial charge in [-0.15, -0.1) is 0 Å². The molecule has 1 saturated heterocycles. The molecule has 2 N–H and O–H groups in total. The summed E-state index contributed by atoms with van der Waals surface area (Å²) in [6.07, 6.45) is -36.2. The Balaban J connectivity index is 3.80. The Kier molecular flexibility index (Phi) is 5.34. The predicted molar refractivity (Wildman–Crippen MR) is 57.9 cm³/mol. The van der Waals surface area contributed by atoms with E-state index in [1.54, 1.807) is 0 Å². The van der Waals surface area contributed by atoms with Gasteiger partial charge in [-0.1, -0.05) is 0 Å². The van der Waals surface area contributed by atoms with Crippen LogP contribution in [-0.4, -0.2) is 64.1 Å². The molecular weight excluding hydrogens is 424 g/mol. The van der Waals surface area contributed by atoms with Crippen molar-refractivity contribution in [1.29, 1.82) is 0 Å². The Morgan fingerprint density at radius 1 is 0.556 bits per heavy atom. The quantitative estimate of drug-likeness (QED) is 0.656. The second-order valence-electron chi connectivity index (χ2n) is 6.00. The summed E-state index contributed by atoms with van der Waals surface area (Å²) in [7, 11) is 0. The zero-order chi connectivity index (χ0) is 22.1. The third-order valence-corrected chi connectivity index (χ3v) is 3.65. The van der Waals surface area contributed by atoms with Crippen LogP contribution >= 0.6 is 0 Å². The molecular formula is C11H10F12O4. The van der Waals surface area contributed by atoms with Crippen molar-refractivity contribution in [2.75, 3.05) is 0 Å². The average molecular weight is 434 g/mol. The fourth-order valence-corrected chi connectivity index (χ4v) is 2.34. The molecule has 0 bridgehead atoms. The average Bonchev–Trinajstić information content (AvgIpc) is 2.67. The standard InChI is InChI=1S/C11H10F12O4/c1-5(2)26-3(6(24,8(12,13)14)9(15,16)17)4(27-5)7(25,10(18,19)20)11(21,22)23/h3-4,24-25H,1-2H3/t3-,4-/m1/s1. The maximum Gasteiger partial charge on any atom is 0.429 e.